The Kier molecular flexibility index (Phi) is 6.98. The van der Waals surface area contributed by atoms with Gasteiger partial charge in [0.2, 0.25) is 5.91 Å². The maximum atomic E-state index is 12.7. The lowest BCUT2D eigenvalue weighted by atomic mass is 9.97. The molecule has 1 aliphatic rings. The third kappa shape index (κ3) is 4.66. The fraction of sp³-hybridized carbons (Fsp3) is 0.320. The number of amides is 2. The Bertz CT molecular complexity index is 989. The lowest BCUT2D eigenvalue weighted by molar-refractivity contribution is -0.142. The number of fused-ring (bicyclic) bond motifs is 3. The highest BCUT2D eigenvalue weighted by Gasteiger charge is 2.36. The Labute approximate surface area is 187 Å². The molecule has 0 aromatic heterocycles. The summed E-state index contributed by atoms with van der Waals surface area (Å²) >= 11 is 0. The molecule has 2 aromatic carbocycles. The van der Waals surface area contributed by atoms with Crippen LogP contribution >= 0.6 is 0 Å². The first-order valence-electron chi connectivity index (χ1n) is 10.6. The highest BCUT2D eigenvalue weighted by molar-refractivity contribution is 5.92. The second kappa shape index (κ2) is 9.68. The summed E-state index contributed by atoms with van der Waals surface area (Å²) in [6.45, 7) is 6.90. The van der Waals surface area contributed by atoms with Crippen molar-refractivity contribution in [3.63, 3.8) is 0 Å². The molecule has 3 N–H and O–H groups in total. The van der Waals surface area contributed by atoms with Crippen molar-refractivity contribution in [3.8, 4) is 11.1 Å². The minimum atomic E-state index is -1.32. The van der Waals surface area contributed by atoms with Crippen LogP contribution in [0.25, 0.3) is 11.1 Å². The molecule has 7 heteroatoms. The molecule has 0 fully saturated rings. The van der Waals surface area contributed by atoms with E-state index in [-0.39, 0.29) is 25.4 Å². The van der Waals surface area contributed by atoms with Crippen LogP contribution in [0.2, 0.25) is 0 Å². The average Bonchev–Trinajstić information content (AvgIpc) is 3.11. The summed E-state index contributed by atoms with van der Waals surface area (Å²) in [6.07, 6.45) is 1.01. The van der Waals surface area contributed by atoms with Gasteiger partial charge in [-0.1, -0.05) is 61.5 Å². The summed E-state index contributed by atoms with van der Waals surface area (Å²) in [5.41, 5.74) is 3.10. The van der Waals surface area contributed by atoms with Crippen molar-refractivity contribution >= 4 is 18.0 Å². The minimum Gasteiger partial charge on any atom is -0.480 e. The van der Waals surface area contributed by atoms with Gasteiger partial charge in [-0.15, -0.1) is 6.58 Å². The number of alkyl carbamates (subject to hydrolysis) is 1. The molecule has 2 aromatic rings. The van der Waals surface area contributed by atoms with Crippen molar-refractivity contribution < 1.29 is 24.2 Å². The van der Waals surface area contributed by atoms with Gasteiger partial charge in [0.15, 0.2) is 0 Å². The van der Waals surface area contributed by atoms with E-state index in [1.54, 1.807) is 6.92 Å². The normalized spacial score (nSPS) is 14.9. The van der Waals surface area contributed by atoms with Gasteiger partial charge >= 0.3 is 12.1 Å². The molecule has 0 aliphatic heterocycles. The zero-order valence-electron chi connectivity index (χ0n) is 18.3. The zero-order chi connectivity index (χ0) is 23.3. The van der Waals surface area contributed by atoms with E-state index >= 15 is 0 Å². The number of carbonyl (C=O) groups is 3. The third-order valence-electron chi connectivity index (χ3n) is 5.94. The van der Waals surface area contributed by atoms with Gasteiger partial charge in [0.25, 0.3) is 0 Å². The number of carboxylic acids is 1. The van der Waals surface area contributed by atoms with Crippen LogP contribution in [-0.4, -0.2) is 41.3 Å². The fourth-order valence-corrected chi connectivity index (χ4v) is 3.87. The van der Waals surface area contributed by atoms with Crippen molar-refractivity contribution in [3.05, 3.63) is 72.3 Å². The van der Waals surface area contributed by atoms with E-state index in [9.17, 15) is 19.5 Å². The Morgan fingerprint density at radius 3 is 2.19 bits per heavy atom. The molecule has 32 heavy (non-hydrogen) atoms. The van der Waals surface area contributed by atoms with E-state index in [0.717, 1.165) is 22.3 Å². The Morgan fingerprint density at radius 1 is 1.12 bits per heavy atom. The number of benzene rings is 2. The van der Waals surface area contributed by atoms with E-state index in [1.165, 1.54) is 13.0 Å². The number of carbonyl (C=O) groups excluding carboxylic acids is 2. The van der Waals surface area contributed by atoms with Crippen molar-refractivity contribution in [1.82, 2.24) is 10.6 Å². The monoisotopic (exact) mass is 436 g/mol. The largest absolute Gasteiger partial charge is 0.480 e. The summed E-state index contributed by atoms with van der Waals surface area (Å²) in [5.74, 6) is -1.86. The molecule has 7 nitrogen and oxygen atoms in total. The predicted molar refractivity (Wildman–Crippen MR) is 121 cm³/mol. The second-order valence-electron chi connectivity index (χ2n) is 8.02. The van der Waals surface area contributed by atoms with E-state index in [4.69, 9.17) is 4.74 Å². The third-order valence-corrected chi connectivity index (χ3v) is 5.94. The summed E-state index contributed by atoms with van der Waals surface area (Å²) in [6, 6.07) is 14.9. The molecular formula is C25H28N2O5. The van der Waals surface area contributed by atoms with Gasteiger partial charge in [0.05, 0.1) is 0 Å². The first kappa shape index (κ1) is 23.1. The van der Waals surface area contributed by atoms with Gasteiger partial charge in [0.1, 0.15) is 18.2 Å². The first-order chi connectivity index (χ1) is 15.3. The maximum absolute atomic E-state index is 12.7. The zero-order valence-corrected chi connectivity index (χ0v) is 18.3. The number of carboxylic acid groups (broad SMARTS) is 1. The topological polar surface area (TPSA) is 105 Å². The Balaban J connectivity index is 1.67. The van der Waals surface area contributed by atoms with Gasteiger partial charge in [-0.25, -0.2) is 9.59 Å². The van der Waals surface area contributed by atoms with Gasteiger partial charge in [-0.2, -0.15) is 0 Å². The molecule has 2 unspecified atom stereocenters. The van der Waals surface area contributed by atoms with Gasteiger partial charge in [-0.05, 0) is 42.0 Å². The average molecular weight is 437 g/mol. The molecule has 3 rings (SSSR count). The van der Waals surface area contributed by atoms with Crippen LogP contribution in [0.15, 0.2) is 61.2 Å². The fourth-order valence-electron chi connectivity index (χ4n) is 3.87. The summed E-state index contributed by atoms with van der Waals surface area (Å²) in [7, 11) is 0. The van der Waals surface area contributed by atoms with Crippen LogP contribution in [0.1, 0.15) is 43.7 Å². The van der Waals surface area contributed by atoms with Gasteiger partial charge in [-0.3, -0.25) is 4.79 Å². The van der Waals surface area contributed by atoms with Crippen molar-refractivity contribution in [2.75, 3.05) is 6.61 Å². The molecule has 0 saturated carbocycles. The van der Waals surface area contributed by atoms with Crippen LogP contribution in [0, 0.1) is 0 Å². The summed E-state index contributed by atoms with van der Waals surface area (Å²) in [5, 5.41) is 14.3. The lowest BCUT2D eigenvalue weighted by Gasteiger charge is -2.29. The highest BCUT2D eigenvalue weighted by Crippen LogP contribution is 2.44. The molecule has 0 radical (unpaired) electrons. The maximum Gasteiger partial charge on any atom is 0.408 e. The standard InChI is InChI=1S/C25H28N2O5/c1-4-10-21(22(28)29)26-23(30)25(3,5-2)27-24(31)32-15-20-18-13-8-6-11-16(18)17-12-7-9-14-19(17)20/h4,6-9,11-14,20-21H,1,5,10,15H2,2-3H3,(H,26,30)(H,27,31)(H,28,29). The highest BCUT2D eigenvalue weighted by atomic mass is 16.5. The lowest BCUT2D eigenvalue weighted by Crippen LogP contribution is -2.59. The molecular weight excluding hydrogens is 408 g/mol. The Morgan fingerprint density at radius 2 is 1.69 bits per heavy atom. The molecule has 2 amide bonds. The molecule has 2 atom stereocenters. The van der Waals surface area contributed by atoms with Crippen LogP contribution in [0.4, 0.5) is 4.79 Å². The number of ether oxygens (including phenoxy) is 1. The number of aliphatic carboxylic acids is 1. The quantitative estimate of drug-likeness (QED) is 0.518. The second-order valence-corrected chi connectivity index (χ2v) is 8.02. The van der Waals surface area contributed by atoms with Gasteiger partial charge < -0.3 is 20.5 Å². The number of rotatable bonds is 9. The van der Waals surface area contributed by atoms with E-state index in [2.05, 4.69) is 29.3 Å². The van der Waals surface area contributed by atoms with Crippen molar-refractivity contribution in [2.24, 2.45) is 0 Å². The molecule has 168 valence electrons. The first-order valence-corrected chi connectivity index (χ1v) is 10.6. The van der Waals surface area contributed by atoms with Crippen LogP contribution in [0.3, 0.4) is 0 Å². The minimum absolute atomic E-state index is 0.0752. The number of hydrogen-bond acceptors (Lipinski definition) is 4. The van der Waals surface area contributed by atoms with Crippen LogP contribution in [0.5, 0.6) is 0 Å². The molecule has 1 aliphatic carbocycles. The Hall–Kier alpha value is -3.61. The number of hydrogen-bond donors (Lipinski definition) is 3. The predicted octanol–water partition coefficient (Wildman–Crippen LogP) is 3.84. The number of nitrogens with one attached hydrogen (secondary N) is 2. The van der Waals surface area contributed by atoms with Gasteiger partial charge in [0, 0.05) is 5.92 Å². The van der Waals surface area contributed by atoms with Crippen molar-refractivity contribution in [2.45, 2.75) is 44.2 Å². The molecule has 0 heterocycles. The van der Waals surface area contributed by atoms with E-state index in [0.29, 0.717) is 0 Å². The van der Waals surface area contributed by atoms with Crippen LogP contribution in [-0.2, 0) is 14.3 Å². The van der Waals surface area contributed by atoms with Crippen molar-refractivity contribution in [1.29, 1.82) is 0 Å². The molecule has 0 bridgehead atoms. The van der Waals surface area contributed by atoms with E-state index in [1.807, 2.05) is 36.4 Å². The smallest absolute Gasteiger partial charge is 0.408 e. The molecule has 0 spiro atoms. The summed E-state index contributed by atoms with van der Waals surface area (Å²) < 4.78 is 5.52. The molecule has 0 saturated heterocycles. The SMILES string of the molecule is C=CCC(NC(=O)C(C)(CC)NC(=O)OCC1c2ccccc2-c2ccccc21)C(=O)O. The van der Waals surface area contributed by atoms with E-state index < -0.39 is 29.6 Å². The summed E-state index contributed by atoms with van der Waals surface area (Å²) in [4.78, 5) is 36.7. The van der Waals surface area contributed by atoms with Crippen LogP contribution < -0.4 is 10.6 Å².